The van der Waals surface area contributed by atoms with Crippen LogP contribution in [0.15, 0.2) is 78.9 Å². The molecule has 0 aliphatic heterocycles. The van der Waals surface area contributed by atoms with Crippen molar-refractivity contribution < 1.29 is 9.53 Å². The molecule has 4 rings (SSSR count). The number of benzene rings is 3. The van der Waals surface area contributed by atoms with Gasteiger partial charge in [0.25, 0.3) is 0 Å². The van der Waals surface area contributed by atoms with E-state index >= 15 is 0 Å². The minimum atomic E-state index is -0.375. The standard InChI is InChI=1S/C27H25ClN2O2/c1-3-30(17-19-13-15-21(28)16-14-19)18-24-26(27(31)32-2)25(20-9-5-4-6-10-20)22-11-7-8-12-23(22)29-24/h4-16H,3,17-18H2,1-2H3. The molecule has 0 radical (unpaired) electrons. The van der Waals surface area contributed by atoms with Crippen molar-refractivity contribution in [1.82, 2.24) is 9.88 Å². The molecule has 3 aromatic carbocycles. The minimum absolute atomic E-state index is 0.375. The van der Waals surface area contributed by atoms with Crippen LogP contribution in [0.5, 0.6) is 0 Å². The first-order valence-electron chi connectivity index (χ1n) is 10.6. The number of aromatic nitrogens is 1. The number of carbonyl (C=O) groups is 1. The number of pyridine rings is 1. The van der Waals surface area contributed by atoms with Gasteiger partial charge in [0, 0.05) is 29.1 Å². The third-order valence-electron chi connectivity index (χ3n) is 5.56. The van der Waals surface area contributed by atoms with E-state index < -0.39 is 0 Å². The summed E-state index contributed by atoms with van der Waals surface area (Å²) in [5, 5.41) is 1.65. The predicted octanol–water partition coefficient (Wildman–Crippen LogP) is 6.36. The molecule has 162 valence electrons. The van der Waals surface area contributed by atoms with Gasteiger partial charge in [0.15, 0.2) is 0 Å². The summed E-state index contributed by atoms with van der Waals surface area (Å²) in [6, 6.07) is 25.7. The molecule has 0 spiro atoms. The van der Waals surface area contributed by atoms with Crippen LogP contribution in [-0.2, 0) is 17.8 Å². The highest BCUT2D eigenvalue weighted by Gasteiger charge is 2.24. The summed E-state index contributed by atoms with van der Waals surface area (Å²) in [7, 11) is 1.42. The van der Waals surface area contributed by atoms with Crippen LogP contribution in [0.25, 0.3) is 22.0 Å². The maximum atomic E-state index is 13.0. The molecule has 0 bridgehead atoms. The van der Waals surface area contributed by atoms with E-state index in [0.29, 0.717) is 22.8 Å². The number of halogens is 1. The van der Waals surface area contributed by atoms with E-state index in [9.17, 15) is 4.79 Å². The van der Waals surface area contributed by atoms with Gasteiger partial charge in [-0.3, -0.25) is 9.88 Å². The Balaban J connectivity index is 1.84. The molecular weight excluding hydrogens is 420 g/mol. The second-order valence-electron chi connectivity index (χ2n) is 7.61. The fourth-order valence-corrected chi connectivity index (χ4v) is 4.07. The van der Waals surface area contributed by atoms with Crippen LogP contribution in [-0.4, -0.2) is 29.5 Å². The molecule has 4 aromatic rings. The smallest absolute Gasteiger partial charge is 0.340 e. The average Bonchev–Trinajstić information content (AvgIpc) is 2.84. The molecule has 0 atom stereocenters. The highest BCUT2D eigenvalue weighted by molar-refractivity contribution is 6.30. The molecule has 0 aliphatic carbocycles. The largest absolute Gasteiger partial charge is 0.465 e. The van der Waals surface area contributed by atoms with Crippen molar-refractivity contribution in [3.8, 4) is 11.1 Å². The van der Waals surface area contributed by atoms with Gasteiger partial charge in [0.05, 0.1) is 23.9 Å². The van der Waals surface area contributed by atoms with Gasteiger partial charge in [-0.1, -0.05) is 79.2 Å². The van der Waals surface area contributed by atoms with Crippen molar-refractivity contribution in [2.75, 3.05) is 13.7 Å². The Morgan fingerprint density at radius 1 is 0.938 bits per heavy atom. The van der Waals surface area contributed by atoms with Gasteiger partial charge in [-0.2, -0.15) is 0 Å². The zero-order valence-electron chi connectivity index (χ0n) is 18.2. The summed E-state index contributed by atoms with van der Waals surface area (Å²) in [5.41, 5.74) is 5.07. The van der Waals surface area contributed by atoms with Gasteiger partial charge in [0.1, 0.15) is 0 Å². The summed E-state index contributed by atoms with van der Waals surface area (Å²) in [5.74, 6) is -0.375. The van der Waals surface area contributed by atoms with Crippen molar-refractivity contribution in [2.45, 2.75) is 20.0 Å². The zero-order chi connectivity index (χ0) is 22.5. The van der Waals surface area contributed by atoms with Gasteiger partial charge in [-0.25, -0.2) is 4.79 Å². The zero-order valence-corrected chi connectivity index (χ0v) is 19.0. The van der Waals surface area contributed by atoms with Crippen LogP contribution < -0.4 is 0 Å². The number of carbonyl (C=O) groups excluding carboxylic acids is 1. The van der Waals surface area contributed by atoms with Crippen LogP contribution in [0.4, 0.5) is 0 Å². The summed E-state index contributed by atoms with van der Waals surface area (Å²) in [6.45, 7) is 4.16. The minimum Gasteiger partial charge on any atom is -0.465 e. The van der Waals surface area contributed by atoms with Crippen LogP contribution in [0.2, 0.25) is 5.02 Å². The van der Waals surface area contributed by atoms with Crippen molar-refractivity contribution in [3.05, 3.63) is 101 Å². The SMILES string of the molecule is CCN(Cc1ccc(Cl)cc1)Cc1nc2ccccc2c(-c2ccccc2)c1C(=O)OC. The lowest BCUT2D eigenvalue weighted by atomic mass is 9.94. The number of fused-ring (bicyclic) bond motifs is 1. The molecule has 0 aliphatic rings. The molecule has 5 heteroatoms. The lowest BCUT2D eigenvalue weighted by Crippen LogP contribution is -2.25. The summed E-state index contributed by atoms with van der Waals surface area (Å²) in [6.07, 6.45) is 0. The normalized spacial score (nSPS) is 11.1. The second-order valence-corrected chi connectivity index (χ2v) is 8.05. The van der Waals surface area contributed by atoms with Crippen molar-refractivity contribution in [3.63, 3.8) is 0 Å². The maximum absolute atomic E-state index is 13.0. The fraction of sp³-hybridized carbons (Fsp3) is 0.185. The predicted molar refractivity (Wildman–Crippen MR) is 130 cm³/mol. The van der Waals surface area contributed by atoms with E-state index in [1.807, 2.05) is 78.9 Å². The van der Waals surface area contributed by atoms with E-state index in [4.69, 9.17) is 21.3 Å². The molecular formula is C27H25ClN2O2. The lowest BCUT2D eigenvalue weighted by molar-refractivity contribution is 0.0598. The van der Waals surface area contributed by atoms with Gasteiger partial charge in [-0.15, -0.1) is 0 Å². The number of hydrogen-bond acceptors (Lipinski definition) is 4. The summed E-state index contributed by atoms with van der Waals surface area (Å²) in [4.78, 5) is 20.2. The molecule has 32 heavy (non-hydrogen) atoms. The van der Waals surface area contributed by atoms with E-state index in [2.05, 4.69) is 11.8 Å². The monoisotopic (exact) mass is 444 g/mol. The first-order valence-corrected chi connectivity index (χ1v) is 11.0. The Morgan fingerprint density at radius 2 is 1.62 bits per heavy atom. The second kappa shape index (κ2) is 9.94. The number of ether oxygens (including phenoxy) is 1. The van der Waals surface area contributed by atoms with E-state index in [1.54, 1.807) is 0 Å². The number of para-hydroxylation sites is 1. The Bertz CT molecular complexity index is 1220. The molecule has 0 N–H and O–H groups in total. The Kier molecular flexibility index (Phi) is 6.84. The quantitative estimate of drug-likeness (QED) is 0.311. The topological polar surface area (TPSA) is 42.4 Å². The van der Waals surface area contributed by atoms with Gasteiger partial charge >= 0.3 is 5.97 Å². The Labute approximate surface area is 193 Å². The number of esters is 1. The van der Waals surface area contributed by atoms with Crippen LogP contribution in [0.3, 0.4) is 0 Å². The van der Waals surface area contributed by atoms with Crippen LogP contribution >= 0.6 is 11.6 Å². The highest BCUT2D eigenvalue weighted by Crippen LogP contribution is 2.34. The third kappa shape index (κ3) is 4.67. The van der Waals surface area contributed by atoms with E-state index in [0.717, 1.165) is 40.7 Å². The van der Waals surface area contributed by atoms with Crippen LogP contribution in [0.1, 0.15) is 28.5 Å². The number of rotatable bonds is 7. The van der Waals surface area contributed by atoms with Crippen molar-refractivity contribution in [1.29, 1.82) is 0 Å². The number of nitrogens with zero attached hydrogens (tertiary/aromatic N) is 2. The van der Waals surface area contributed by atoms with Crippen molar-refractivity contribution >= 4 is 28.5 Å². The molecule has 0 fully saturated rings. The fourth-order valence-electron chi connectivity index (χ4n) is 3.94. The molecule has 4 nitrogen and oxygen atoms in total. The number of methoxy groups -OCH3 is 1. The highest BCUT2D eigenvalue weighted by atomic mass is 35.5. The molecule has 0 saturated carbocycles. The maximum Gasteiger partial charge on any atom is 0.340 e. The van der Waals surface area contributed by atoms with Crippen molar-refractivity contribution in [2.24, 2.45) is 0 Å². The molecule has 1 aromatic heterocycles. The summed E-state index contributed by atoms with van der Waals surface area (Å²) >= 11 is 6.04. The molecule has 0 amide bonds. The lowest BCUT2D eigenvalue weighted by Gasteiger charge is -2.23. The van der Waals surface area contributed by atoms with Crippen LogP contribution in [0, 0.1) is 0 Å². The van der Waals surface area contributed by atoms with E-state index in [1.165, 1.54) is 7.11 Å². The third-order valence-corrected chi connectivity index (χ3v) is 5.81. The summed E-state index contributed by atoms with van der Waals surface area (Å²) < 4.78 is 5.22. The van der Waals surface area contributed by atoms with Gasteiger partial charge in [-0.05, 0) is 35.9 Å². The first-order chi connectivity index (χ1) is 15.6. The Hall–Kier alpha value is -3.21. The number of hydrogen-bond donors (Lipinski definition) is 0. The Morgan fingerprint density at radius 3 is 2.31 bits per heavy atom. The van der Waals surface area contributed by atoms with E-state index in [-0.39, 0.29) is 5.97 Å². The molecule has 0 unspecified atom stereocenters. The van der Waals surface area contributed by atoms with Gasteiger partial charge < -0.3 is 4.74 Å². The average molecular weight is 445 g/mol. The molecule has 1 heterocycles. The molecule has 0 saturated heterocycles. The first kappa shape index (κ1) is 22.0. The van der Waals surface area contributed by atoms with Gasteiger partial charge in [0.2, 0.25) is 0 Å².